The molecule has 1 fully saturated rings. The first-order valence-electron chi connectivity index (χ1n) is 4.16. The molecule has 0 aliphatic carbocycles. The van der Waals surface area contributed by atoms with E-state index >= 15 is 0 Å². The smallest absolute Gasteiger partial charge is 0.0941 e. The number of aromatic nitrogens is 3. The van der Waals surface area contributed by atoms with E-state index in [9.17, 15) is 0 Å². The Bertz CT molecular complexity index is 297. The lowest BCUT2D eigenvalue weighted by molar-refractivity contribution is -0.00289. The first kappa shape index (κ1) is 6.56. The summed E-state index contributed by atoms with van der Waals surface area (Å²) in [6.45, 7) is 2.53. The molecule has 2 aliphatic rings. The first-order chi connectivity index (χ1) is 5.95. The highest BCUT2D eigenvalue weighted by Crippen LogP contribution is 2.25. The van der Waals surface area contributed by atoms with Gasteiger partial charge in [-0.15, -0.1) is 5.10 Å². The highest BCUT2D eigenvalue weighted by molar-refractivity contribution is 5.01. The Balaban J connectivity index is 2.04. The van der Waals surface area contributed by atoms with Crippen molar-refractivity contribution in [2.75, 3.05) is 13.1 Å². The van der Waals surface area contributed by atoms with Crippen LogP contribution in [0.3, 0.4) is 0 Å². The van der Waals surface area contributed by atoms with E-state index in [1.807, 2.05) is 4.68 Å². The van der Waals surface area contributed by atoms with Crippen LogP contribution < -0.4 is 5.32 Å². The molecular weight excluding hydrogens is 156 g/mol. The van der Waals surface area contributed by atoms with E-state index in [0.29, 0.717) is 18.8 Å². The van der Waals surface area contributed by atoms with Gasteiger partial charge in [0.1, 0.15) is 0 Å². The van der Waals surface area contributed by atoms with Crippen molar-refractivity contribution in [3.8, 4) is 0 Å². The molecule has 0 bridgehead atoms. The van der Waals surface area contributed by atoms with Gasteiger partial charge in [-0.3, -0.25) is 0 Å². The molecule has 1 aromatic rings. The SMILES string of the molecule is c1nnn2c1COC1CNCC12. The van der Waals surface area contributed by atoms with Gasteiger partial charge in [0.25, 0.3) is 0 Å². The van der Waals surface area contributed by atoms with Crippen LogP contribution in [0.2, 0.25) is 0 Å². The fraction of sp³-hybridized carbons (Fsp3) is 0.714. The third-order valence-corrected chi connectivity index (χ3v) is 2.54. The molecule has 1 saturated heterocycles. The van der Waals surface area contributed by atoms with Gasteiger partial charge < -0.3 is 10.1 Å². The second-order valence-electron chi connectivity index (χ2n) is 3.24. The molecule has 0 spiro atoms. The van der Waals surface area contributed by atoms with Crippen LogP contribution in [0.15, 0.2) is 6.20 Å². The Morgan fingerprint density at radius 2 is 2.58 bits per heavy atom. The summed E-state index contributed by atoms with van der Waals surface area (Å²) in [5, 5.41) is 11.2. The van der Waals surface area contributed by atoms with Gasteiger partial charge in [0.15, 0.2) is 0 Å². The maximum absolute atomic E-state index is 5.62. The van der Waals surface area contributed by atoms with Gasteiger partial charge >= 0.3 is 0 Å². The molecule has 0 amide bonds. The Kier molecular flexibility index (Phi) is 1.24. The summed E-state index contributed by atoms with van der Waals surface area (Å²) in [4.78, 5) is 0. The van der Waals surface area contributed by atoms with Gasteiger partial charge in [0.2, 0.25) is 0 Å². The van der Waals surface area contributed by atoms with Crippen molar-refractivity contribution in [3.63, 3.8) is 0 Å². The highest BCUT2D eigenvalue weighted by atomic mass is 16.5. The van der Waals surface area contributed by atoms with E-state index in [1.165, 1.54) is 0 Å². The minimum absolute atomic E-state index is 0.291. The van der Waals surface area contributed by atoms with Gasteiger partial charge in [-0.05, 0) is 0 Å². The predicted molar refractivity (Wildman–Crippen MR) is 40.5 cm³/mol. The van der Waals surface area contributed by atoms with Crippen molar-refractivity contribution >= 4 is 0 Å². The van der Waals surface area contributed by atoms with E-state index < -0.39 is 0 Å². The van der Waals surface area contributed by atoms with Crippen LogP contribution in [-0.2, 0) is 11.3 Å². The molecule has 0 aromatic carbocycles. The van der Waals surface area contributed by atoms with E-state index in [2.05, 4.69) is 15.6 Å². The van der Waals surface area contributed by atoms with E-state index in [-0.39, 0.29) is 0 Å². The number of fused-ring (bicyclic) bond motifs is 3. The number of nitrogens with one attached hydrogen (secondary N) is 1. The third kappa shape index (κ3) is 0.748. The summed E-state index contributed by atoms with van der Waals surface area (Å²) in [7, 11) is 0. The lowest BCUT2D eigenvalue weighted by Gasteiger charge is -2.25. The molecule has 2 unspecified atom stereocenters. The molecule has 5 heteroatoms. The van der Waals surface area contributed by atoms with E-state index in [0.717, 1.165) is 18.8 Å². The quantitative estimate of drug-likeness (QED) is 0.555. The van der Waals surface area contributed by atoms with E-state index in [4.69, 9.17) is 4.74 Å². The summed E-state index contributed by atoms with van der Waals surface area (Å²) < 4.78 is 7.60. The van der Waals surface area contributed by atoms with Crippen molar-refractivity contribution in [1.82, 2.24) is 20.3 Å². The molecule has 64 valence electrons. The Hall–Kier alpha value is -0.940. The molecule has 0 saturated carbocycles. The molecule has 2 atom stereocenters. The second-order valence-corrected chi connectivity index (χ2v) is 3.24. The summed E-state index contributed by atoms with van der Waals surface area (Å²) in [5.41, 5.74) is 1.08. The van der Waals surface area contributed by atoms with Crippen LogP contribution in [0, 0.1) is 0 Å². The zero-order valence-electron chi connectivity index (χ0n) is 6.60. The monoisotopic (exact) mass is 166 g/mol. The molecule has 3 heterocycles. The second kappa shape index (κ2) is 2.27. The maximum Gasteiger partial charge on any atom is 0.0941 e. The Labute approximate surface area is 69.7 Å². The molecule has 5 nitrogen and oxygen atoms in total. The summed E-state index contributed by atoms with van der Waals surface area (Å²) >= 11 is 0. The van der Waals surface area contributed by atoms with Crippen LogP contribution in [0.25, 0.3) is 0 Å². The minimum Gasteiger partial charge on any atom is -0.368 e. The number of hydrogen-bond donors (Lipinski definition) is 1. The Morgan fingerprint density at radius 1 is 1.58 bits per heavy atom. The third-order valence-electron chi connectivity index (χ3n) is 2.54. The molecule has 2 aliphatic heterocycles. The molecule has 3 rings (SSSR count). The van der Waals surface area contributed by atoms with Crippen molar-refractivity contribution < 1.29 is 4.74 Å². The molecule has 12 heavy (non-hydrogen) atoms. The topological polar surface area (TPSA) is 52.0 Å². The van der Waals surface area contributed by atoms with Gasteiger partial charge in [0.05, 0.1) is 30.6 Å². The van der Waals surface area contributed by atoms with E-state index in [1.54, 1.807) is 6.20 Å². The average molecular weight is 166 g/mol. The van der Waals surface area contributed by atoms with Crippen LogP contribution in [0.1, 0.15) is 11.7 Å². The van der Waals surface area contributed by atoms with Crippen LogP contribution >= 0.6 is 0 Å². The first-order valence-corrected chi connectivity index (χ1v) is 4.16. The summed E-state index contributed by atoms with van der Waals surface area (Å²) in [6, 6.07) is 0.358. The number of hydrogen-bond acceptors (Lipinski definition) is 4. The van der Waals surface area contributed by atoms with Crippen molar-refractivity contribution in [2.24, 2.45) is 0 Å². The standard InChI is InChI=1S/C7H10N4O/c1-5-4-12-7-3-8-2-6(7)11(5)10-9-1/h1,6-8H,2-4H2. The number of nitrogens with zero attached hydrogens (tertiary/aromatic N) is 3. The average Bonchev–Trinajstić information content (AvgIpc) is 2.71. The lowest BCUT2D eigenvalue weighted by atomic mass is 10.2. The lowest BCUT2D eigenvalue weighted by Crippen LogP contribution is -2.32. The van der Waals surface area contributed by atoms with Gasteiger partial charge in [0, 0.05) is 13.1 Å². The Morgan fingerprint density at radius 3 is 3.58 bits per heavy atom. The van der Waals surface area contributed by atoms with Crippen molar-refractivity contribution in [3.05, 3.63) is 11.9 Å². The highest BCUT2D eigenvalue weighted by Gasteiger charge is 2.34. The zero-order valence-corrected chi connectivity index (χ0v) is 6.60. The summed E-state index contributed by atoms with van der Waals surface area (Å²) in [5.74, 6) is 0. The molecular formula is C7H10N4O. The van der Waals surface area contributed by atoms with Gasteiger partial charge in [-0.25, -0.2) is 4.68 Å². The molecule has 0 radical (unpaired) electrons. The molecule has 1 N–H and O–H groups in total. The fourth-order valence-corrected chi connectivity index (χ4v) is 1.89. The van der Waals surface area contributed by atoms with Crippen molar-refractivity contribution in [1.29, 1.82) is 0 Å². The van der Waals surface area contributed by atoms with Gasteiger partial charge in [-0.2, -0.15) is 0 Å². The van der Waals surface area contributed by atoms with Crippen molar-refractivity contribution in [2.45, 2.75) is 18.8 Å². The zero-order chi connectivity index (χ0) is 7.97. The maximum atomic E-state index is 5.62. The van der Waals surface area contributed by atoms with Crippen LogP contribution in [0.4, 0.5) is 0 Å². The molecule has 1 aromatic heterocycles. The van der Waals surface area contributed by atoms with Crippen LogP contribution in [0.5, 0.6) is 0 Å². The predicted octanol–water partition coefficient (Wildman–Crippen LogP) is -0.679. The summed E-state index contributed by atoms with van der Waals surface area (Å²) in [6.07, 6.45) is 2.06. The van der Waals surface area contributed by atoms with Gasteiger partial charge in [-0.1, -0.05) is 5.21 Å². The normalized spacial score (nSPS) is 33.0. The number of rotatable bonds is 0. The minimum atomic E-state index is 0.291. The van der Waals surface area contributed by atoms with Crippen LogP contribution in [-0.4, -0.2) is 34.2 Å². The fourth-order valence-electron chi connectivity index (χ4n) is 1.89. The largest absolute Gasteiger partial charge is 0.368 e. The number of ether oxygens (including phenoxy) is 1.